The lowest BCUT2D eigenvalue weighted by molar-refractivity contribution is -0.131. The molecule has 134 valence electrons. The van der Waals surface area contributed by atoms with Gasteiger partial charge in [0.25, 0.3) is 0 Å². The van der Waals surface area contributed by atoms with Crippen LogP contribution >= 0.6 is 0 Å². The van der Waals surface area contributed by atoms with Crippen molar-refractivity contribution in [2.75, 3.05) is 0 Å². The van der Waals surface area contributed by atoms with Crippen molar-refractivity contribution in [2.45, 2.75) is 72.0 Å². The van der Waals surface area contributed by atoms with Crippen molar-refractivity contribution >= 4 is 5.97 Å². The number of carboxylic acid groups (broad SMARTS) is 1. The molecule has 0 aliphatic carbocycles. The predicted octanol–water partition coefficient (Wildman–Crippen LogP) is 5.12. The number of piperidine rings is 1. The van der Waals surface area contributed by atoms with E-state index in [-0.39, 0.29) is 11.1 Å². The summed E-state index contributed by atoms with van der Waals surface area (Å²) in [6.07, 6.45) is 5.15. The van der Waals surface area contributed by atoms with Crippen LogP contribution < -0.4 is 0 Å². The summed E-state index contributed by atoms with van der Waals surface area (Å²) in [6, 6.07) is 10.9. The molecule has 1 heterocycles. The third-order valence-corrected chi connectivity index (χ3v) is 4.65. The summed E-state index contributed by atoms with van der Waals surface area (Å²) < 4.78 is 0. The number of aliphatic carboxylic acids is 1. The smallest absolute Gasteiger partial charge is 0.327 e. The van der Waals surface area contributed by atoms with E-state index in [0.717, 1.165) is 18.5 Å². The highest BCUT2D eigenvalue weighted by atomic mass is 16.4. The molecule has 0 unspecified atom stereocenters. The lowest BCUT2D eigenvalue weighted by atomic mass is 9.74. The van der Waals surface area contributed by atoms with Gasteiger partial charge in [-0.1, -0.05) is 43.3 Å². The summed E-state index contributed by atoms with van der Waals surface area (Å²) in [5, 5.41) is 7.83. The quantitative estimate of drug-likeness (QED) is 0.781. The number of rotatable bonds is 3. The van der Waals surface area contributed by atoms with Crippen LogP contribution in [-0.4, -0.2) is 27.1 Å². The van der Waals surface area contributed by atoms with Crippen LogP contribution in [0.15, 0.2) is 42.5 Å². The van der Waals surface area contributed by atoms with Crippen LogP contribution in [0.5, 0.6) is 0 Å². The number of nitrogens with zero attached hydrogens (tertiary/aromatic N) is 1. The molecule has 0 spiro atoms. The van der Waals surface area contributed by atoms with Crippen LogP contribution in [0.25, 0.3) is 0 Å². The first kappa shape index (κ1) is 20.4. The van der Waals surface area contributed by atoms with E-state index in [1.165, 1.54) is 24.5 Å². The molecule has 0 bridgehead atoms. The molecule has 2 rings (SSSR count). The van der Waals surface area contributed by atoms with Crippen molar-refractivity contribution in [3.05, 3.63) is 48.0 Å². The maximum Gasteiger partial charge on any atom is 0.327 e. The Morgan fingerprint density at radius 3 is 2.04 bits per heavy atom. The molecule has 3 nitrogen and oxygen atoms in total. The average Bonchev–Trinajstić information content (AvgIpc) is 2.43. The zero-order valence-corrected chi connectivity index (χ0v) is 16.0. The minimum atomic E-state index is -0.891. The molecular weight excluding hydrogens is 298 g/mol. The fourth-order valence-corrected chi connectivity index (χ4v) is 4.15. The Balaban J connectivity index is 0.000000413. The van der Waals surface area contributed by atoms with Gasteiger partial charge in [-0.3, -0.25) is 4.90 Å². The van der Waals surface area contributed by atoms with Crippen LogP contribution in [0.4, 0.5) is 0 Å². The Hall–Kier alpha value is -1.61. The molecule has 1 aromatic rings. The Labute approximate surface area is 147 Å². The molecule has 1 aromatic carbocycles. The number of hydrogen-bond acceptors (Lipinski definition) is 2. The minimum Gasteiger partial charge on any atom is -0.478 e. The molecule has 1 aliphatic rings. The van der Waals surface area contributed by atoms with E-state index in [1.54, 1.807) is 6.92 Å². The Morgan fingerprint density at radius 1 is 1.17 bits per heavy atom. The van der Waals surface area contributed by atoms with Crippen LogP contribution in [0.2, 0.25) is 0 Å². The zero-order valence-electron chi connectivity index (χ0n) is 16.0. The summed E-state index contributed by atoms with van der Waals surface area (Å²) in [4.78, 5) is 12.2. The number of likely N-dealkylation sites (tertiary alicyclic amines) is 1. The van der Waals surface area contributed by atoms with Crippen molar-refractivity contribution in [3.63, 3.8) is 0 Å². The van der Waals surface area contributed by atoms with Gasteiger partial charge in [-0.25, -0.2) is 4.79 Å². The zero-order chi connectivity index (χ0) is 18.4. The molecule has 1 saturated heterocycles. The highest BCUT2D eigenvalue weighted by molar-refractivity contribution is 5.79. The van der Waals surface area contributed by atoms with E-state index >= 15 is 0 Å². The maximum absolute atomic E-state index is 9.51. The Morgan fingerprint density at radius 2 is 1.67 bits per heavy atom. The Kier molecular flexibility index (Phi) is 7.22. The SMILES string of the molecule is CC1CC(C)(C)N(Cc2ccccc2)C(C)(C)C1.CC=CC(=O)O. The van der Waals surface area contributed by atoms with Gasteiger partial charge in [0.05, 0.1) is 0 Å². The van der Waals surface area contributed by atoms with Gasteiger partial charge in [-0.2, -0.15) is 0 Å². The minimum absolute atomic E-state index is 0.289. The second-order valence-corrected chi connectivity index (χ2v) is 8.05. The monoisotopic (exact) mass is 331 g/mol. The first-order valence-corrected chi connectivity index (χ1v) is 8.76. The fourth-order valence-electron chi connectivity index (χ4n) is 4.15. The average molecular weight is 332 g/mol. The second kappa shape index (κ2) is 8.48. The van der Waals surface area contributed by atoms with Gasteiger partial charge < -0.3 is 5.11 Å². The third-order valence-electron chi connectivity index (χ3n) is 4.65. The summed E-state index contributed by atoms with van der Waals surface area (Å²) in [5.74, 6) is -0.0699. The van der Waals surface area contributed by atoms with Crippen molar-refractivity contribution < 1.29 is 9.90 Å². The molecule has 1 aliphatic heterocycles. The summed E-state index contributed by atoms with van der Waals surface area (Å²) in [6.45, 7) is 14.7. The molecular formula is C21H33NO2. The molecule has 0 atom stereocenters. The fraction of sp³-hybridized carbons (Fsp3) is 0.571. The lowest BCUT2D eigenvalue weighted by Gasteiger charge is -2.55. The standard InChI is InChI=1S/C17H27N.C4H6O2/c1-14-11-16(2,3)18(17(4,5)12-14)13-15-9-7-6-8-10-15;1-2-3-4(5)6/h6-10,14H,11-13H2,1-5H3;2-3H,1H3,(H,5,6). The van der Waals surface area contributed by atoms with Gasteiger partial charge in [0.15, 0.2) is 0 Å². The van der Waals surface area contributed by atoms with Crippen LogP contribution in [0, 0.1) is 5.92 Å². The first-order valence-electron chi connectivity index (χ1n) is 8.76. The molecule has 24 heavy (non-hydrogen) atoms. The van der Waals surface area contributed by atoms with Crippen molar-refractivity contribution in [2.24, 2.45) is 5.92 Å². The summed E-state index contributed by atoms with van der Waals surface area (Å²) in [5.41, 5.74) is 2.00. The molecule has 1 fully saturated rings. The summed E-state index contributed by atoms with van der Waals surface area (Å²) in [7, 11) is 0. The van der Waals surface area contributed by atoms with Gasteiger partial charge in [-0.15, -0.1) is 0 Å². The second-order valence-electron chi connectivity index (χ2n) is 8.05. The normalized spacial score (nSPS) is 20.4. The first-order chi connectivity index (χ1) is 11.1. The largest absolute Gasteiger partial charge is 0.478 e. The predicted molar refractivity (Wildman–Crippen MR) is 101 cm³/mol. The van der Waals surface area contributed by atoms with E-state index in [9.17, 15) is 4.79 Å². The number of carboxylic acids is 1. The van der Waals surface area contributed by atoms with E-state index < -0.39 is 5.97 Å². The van der Waals surface area contributed by atoms with E-state index in [2.05, 4.69) is 69.9 Å². The maximum atomic E-state index is 9.51. The van der Waals surface area contributed by atoms with Crippen molar-refractivity contribution in [1.29, 1.82) is 0 Å². The van der Waals surface area contributed by atoms with Crippen LogP contribution in [-0.2, 0) is 11.3 Å². The van der Waals surface area contributed by atoms with Gasteiger partial charge in [0.1, 0.15) is 0 Å². The van der Waals surface area contributed by atoms with Gasteiger partial charge >= 0.3 is 5.97 Å². The number of benzene rings is 1. The van der Waals surface area contributed by atoms with E-state index in [0.29, 0.717) is 0 Å². The highest BCUT2D eigenvalue weighted by Gasteiger charge is 2.43. The van der Waals surface area contributed by atoms with Crippen LogP contribution in [0.1, 0.15) is 59.9 Å². The Bertz CT molecular complexity index is 528. The molecule has 0 amide bonds. The van der Waals surface area contributed by atoms with Crippen LogP contribution in [0.3, 0.4) is 0 Å². The lowest BCUT2D eigenvalue weighted by Crippen LogP contribution is -2.59. The number of hydrogen-bond donors (Lipinski definition) is 1. The van der Waals surface area contributed by atoms with E-state index in [1.807, 2.05) is 0 Å². The highest BCUT2D eigenvalue weighted by Crippen LogP contribution is 2.41. The molecule has 0 radical (unpaired) electrons. The topological polar surface area (TPSA) is 40.5 Å². The molecule has 1 N–H and O–H groups in total. The van der Waals surface area contributed by atoms with E-state index in [4.69, 9.17) is 5.11 Å². The van der Waals surface area contributed by atoms with Gasteiger partial charge in [-0.05, 0) is 58.9 Å². The van der Waals surface area contributed by atoms with Gasteiger partial charge in [0.2, 0.25) is 0 Å². The molecule has 3 heteroatoms. The third kappa shape index (κ3) is 6.12. The molecule has 0 saturated carbocycles. The number of allylic oxidation sites excluding steroid dienone is 1. The van der Waals surface area contributed by atoms with Gasteiger partial charge in [0, 0.05) is 23.7 Å². The summed E-state index contributed by atoms with van der Waals surface area (Å²) >= 11 is 0. The number of carbonyl (C=O) groups is 1. The van der Waals surface area contributed by atoms with Crippen molar-refractivity contribution in [3.8, 4) is 0 Å². The van der Waals surface area contributed by atoms with Crippen molar-refractivity contribution in [1.82, 2.24) is 4.90 Å². The molecule has 0 aromatic heterocycles.